The van der Waals surface area contributed by atoms with Gasteiger partial charge in [0.05, 0.1) is 5.69 Å². The summed E-state index contributed by atoms with van der Waals surface area (Å²) in [5, 5.41) is 4.36. The SMILES string of the molecule is CCc1ccc([C@@H]([NH2+]CC(=O)Nc2cc(F)ccc2F)C(C)C)cc1. The molecule has 1 amide bonds. The monoisotopic (exact) mass is 347 g/mol. The van der Waals surface area contributed by atoms with E-state index in [1.54, 1.807) is 0 Å². The highest BCUT2D eigenvalue weighted by molar-refractivity contribution is 5.91. The molecule has 134 valence electrons. The first-order valence-corrected chi connectivity index (χ1v) is 8.57. The minimum absolute atomic E-state index is 0.119. The molecule has 1 atom stereocenters. The third kappa shape index (κ3) is 5.36. The molecule has 25 heavy (non-hydrogen) atoms. The quantitative estimate of drug-likeness (QED) is 0.792. The van der Waals surface area contributed by atoms with Crippen molar-refractivity contribution in [3.8, 4) is 0 Å². The second-order valence-corrected chi connectivity index (χ2v) is 6.48. The van der Waals surface area contributed by atoms with Crippen LogP contribution in [0.3, 0.4) is 0 Å². The molecule has 0 fully saturated rings. The van der Waals surface area contributed by atoms with Crippen molar-refractivity contribution in [3.63, 3.8) is 0 Å². The third-order valence-electron chi connectivity index (χ3n) is 4.25. The van der Waals surface area contributed by atoms with Crippen LogP contribution in [-0.2, 0) is 11.2 Å². The van der Waals surface area contributed by atoms with Gasteiger partial charge in [-0.25, -0.2) is 8.78 Å². The van der Waals surface area contributed by atoms with Crippen LogP contribution in [0.2, 0.25) is 0 Å². The summed E-state index contributed by atoms with van der Waals surface area (Å²) in [6, 6.07) is 11.5. The fourth-order valence-corrected chi connectivity index (χ4v) is 2.80. The van der Waals surface area contributed by atoms with Gasteiger partial charge in [0.25, 0.3) is 5.91 Å². The minimum Gasteiger partial charge on any atom is -0.332 e. The van der Waals surface area contributed by atoms with E-state index in [2.05, 4.69) is 50.4 Å². The average Bonchev–Trinajstić information content (AvgIpc) is 2.58. The first kappa shape index (κ1) is 19.1. The summed E-state index contributed by atoms with van der Waals surface area (Å²) < 4.78 is 26.8. The highest BCUT2D eigenvalue weighted by Crippen LogP contribution is 2.18. The number of nitrogens with one attached hydrogen (secondary N) is 1. The number of carbonyl (C=O) groups excluding carboxylic acids is 1. The van der Waals surface area contributed by atoms with Crippen LogP contribution in [0.25, 0.3) is 0 Å². The second-order valence-electron chi connectivity index (χ2n) is 6.48. The molecule has 0 radical (unpaired) electrons. The van der Waals surface area contributed by atoms with Gasteiger partial charge >= 0.3 is 0 Å². The number of hydrogen-bond donors (Lipinski definition) is 2. The molecule has 2 aromatic carbocycles. The van der Waals surface area contributed by atoms with Gasteiger partial charge in [-0.05, 0) is 24.1 Å². The molecule has 0 aliphatic rings. The van der Waals surface area contributed by atoms with Crippen LogP contribution in [0.5, 0.6) is 0 Å². The van der Waals surface area contributed by atoms with Crippen molar-refractivity contribution < 1.29 is 18.9 Å². The third-order valence-corrected chi connectivity index (χ3v) is 4.25. The van der Waals surface area contributed by atoms with E-state index in [-0.39, 0.29) is 24.2 Å². The van der Waals surface area contributed by atoms with Crippen LogP contribution in [0.15, 0.2) is 42.5 Å². The van der Waals surface area contributed by atoms with Crippen LogP contribution < -0.4 is 10.6 Å². The fraction of sp³-hybridized carbons (Fsp3) is 0.350. The molecule has 2 rings (SSSR count). The van der Waals surface area contributed by atoms with E-state index in [1.807, 2.05) is 5.32 Å². The van der Waals surface area contributed by atoms with Crippen molar-refractivity contribution in [2.24, 2.45) is 5.92 Å². The van der Waals surface area contributed by atoms with Gasteiger partial charge in [0, 0.05) is 17.5 Å². The number of amides is 1. The van der Waals surface area contributed by atoms with E-state index in [4.69, 9.17) is 0 Å². The van der Waals surface area contributed by atoms with Gasteiger partial charge in [-0.3, -0.25) is 4.79 Å². The Bertz CT molecular complexity index is 714. The molecule has 0 spiro atoms. The zero-order chi connectivity index (χ0) is 18.4. The number of anilines is 1. The molecule has 0 aliphatic carbocycles. The lowest BCUT2D eigenvalue weighted by atomic mass is 9.95. The van der Waals surface area contributed by atoms with Gasteiger partial charge < -0.3 is 10.6 Å². The highest BCUT2D eigenvalue weighted by atomic mass is 19.1. The zero-order valence-corrected chi connectivity index (χ0v) is 14.9. The summed E-state index contributed by atoms with van der Waals surface area (Å²) in [6.45, 7) is 6.43. The fourth-order valence-electron chi connectivity index (χ4n) is 2.80. The number of nitrogens with two attached hydrogens (primary N) is 1. The number of rotatable bonds is 7. The number of hydrogen-bond acceptors (Lipinski definition) is 1. The van der Waals surface area contributed by atoms with Crippen molar-refractivity contribution in [1.29, 1.82) is 0 Å². The average molecular weight is 347 g/mol. The molecule has 2 aromatic rings. The molecular formula is C20H25F2N2O+. The number of quaternary nitrogens is 1. The molecule has 0 unspecified atom stereocenters. The van der Waals surface area contributed by atoms with Crippen molar-refractivity contribution in [2.75, 3.05) is 11.9 Å². The van der Waals surface area contributed by atoms with Crippen LogP contribution in [0, 0.1) is 17.6 Å². The first-order valence-electron chi connectivity index (χ1n) is 8.57. The lowest BCUT2D eigenvalue weighted by Gasteiger charge is -2.20. The molecule has 0 saturated carbocycles. The van der Waals surface area contributed by atoms with Gasteiger partial charge in [-0.1, -0.05) is 45.0 Å². The Balaban J connectivity index is 2.00. The van der Waals surface area contributed by atoms with E-state index in [1.165, 1.54) is 5.56 Å². The largest absolute Gasteiger partial charge is 0.332 e. The number of aryl methyl sites for hydroxylation is 1. The standard InChI is InChI=1S/C20H24F2N2O/c1-4-14-5-7-15(8-6-14)20(13(2)3)23-12-19(25)24-18-11-16(21)9-10-17(18)22/h5-11,13,20,23H,4,12H2,1-3H3,(H,24,25)/p+1/t20-/m0/s1. The smallest absolute Gasteiger partial charge is 0.279 e. The van der Waals surface area contributed by atoms with Gasteiger partial charge in [0.1, 0.15) is 17.7 Å². The van der Waals surface area contributed by atoms with Gasteiger partial charge in [0.2, 0.25) is 0 Å². The Morgan fingerprint density at radius 1 is 1.12 bits per heavy atom. The first-order chi connectivity index (χ1) is 11.9. The summed E-state index contributed by atoms with van der Waals surface area (Å²) >= 11 is 0. The predicted octanol–water partition coefficient (Wildman–Crippen LogP) is 3.43. The minimum atomic E-state index is -0.648. The molecule has 0 aromatic heterocycles. The van der Waals surface area contributed by atoms with Crippen LogP contribution in [0.1, 0.15) is 37.9 Å². The zero-order valence-electron chi connectivity index (χ0n) is 14.9. The molecular weight excluding hydrogens is 322 g/mol. The molecule has 0 aliphatic heterocycles. The van der Waals surface area contributed by atoms with E-state index in [0.29, 0.717) is 5.92 Å². The molecule has 0 heterocycles. The Labute approximate surface area is 147 Å². The molecule has 3 N–H and O–H groups in total. The van der Waals surface area contributed by atoms with E-state index < -0.39 is 11.6 Å². The molecule has 3 nitrogen and oxygen atoms in total. The van der Waals surface area contributed by atoms with Crippen molar-refractivity contribution in [1.82, 2.24) is 0 Å². The van der Waals surface area contributed by atoms with Crippen LogP contribution >= 0.6 is 0 Å². The van der Waals surface area contributed by atoms with Crippen LogP contribution in [-0.4, -0.2) is 12.5 Å². The van der Waals surface area contributed by atoms with Crippen molar-refractivity contribution in [3.05, 3.63) is 65.2 Å². The highest BCUT2D eigenvalue weighted by Gasteiger charge is 2.21. The second kappa shape index (κ2) is 8.72. The van der Waals surface area contributed by atoms with Gasteiger partial charge in [-0.15, -0.1) is 0 Å². The van der Waals surface area contributed by atoms with Crippen molar-refractivity contribution in [2.45, 2.75) is 33.2 Å². The van der Waals surface area contributed by atoms with Crippen molar-refractivity contribution >= 4 is 11.6 Å². The topological polar surface area (TPSA) is 45.7 Å². The summed E-state index contributed by atoms with van der Waals surface area (Å²) in [5.74, 6) is -1.27. The number of carbonyl (C=O) groups is 1. The summed E-state index contributed by atoms with van der Waals surface area (Å²) in [6.07, 6.45) is 0.984. The summed E-state index contributed by atoms with van der Waals surface area (Å²) in [5.41, 5.74) is 2.29. The maximum Gasteiger partial charge on any atom is 0.279 e. The maximum atomic E-state index is 13.6. The number of halogens is 2. The predicted molar refractivity (Wildman–Crippen MR) is 95.2 cm³/mol. The lowest BCUT2D eigenvalue weighted by Crippen LogP contribution is -2.88. The molecule has 0 saturated heterocycles. The molecule has 0 bridgehead atoms. The lowest BCUT2D eigenvalue weighted by molar-refractivity contribution is -0.692. The van der Waals surface area contributed by atoms with Gasteiger partial charge in [-0.2, -0.15) is 0 Å². The van der Waals surface area contributed by atoms with E-state index in [0.717, 1.165) is 30.2 Å². The Morgan fingerprint density at radius 2 is 1.80 bits per heavy atom. The van der Waals surface area contributed by atoms with Crippen LogP contribution in [0.4, 0.5) is 14.5 Å². The summed E-state index contributed by atoms with van der Waals surface area (Å²) in [4.78, 5) is 12.1. The number of benzene rings is 2. The maximum absolute atomic E-state index is 13.6. The Kier molecular flexibility index (Phi) is 6.65. The van der Waals surface area contributed by atoms with Gasteiger partial charge in [0.15, 0.2) is 6.54 Å². The molecule has 5 heteroatoms. The van der Waals surface area contributed by atoms with E-state index >= 15 is 0 Å². The Morgan fingerprint density at radius 3 is 2.40 bits per heavy atom. The summed E-state index contributed by atoms with van der Waals surface area (Å²) in [7, 11) is 0. The normalized spacial score (nSPS) is 12.2. The van der Waals surface area contributed by atoms with E-state index in [9.17, 15) is 13.6 Å². The Hall–Kier alpha value is -2.27.